The summed E-state index contributed by atoms with van der Waals surface area (Å²) in [4.78, 5) is 0. The lowest BCUT2D eigenvalue weighted by atomic mass is 9.60. The molecule has 0 spiro atoms. The van der Waals surface area contributed by atoms with Gasteiger partial charge in [0.1, 0.15) is 0 Å². The summed E-state index contributed by atoms with van der Waals surface area (Å²) >= 11 is 0. The maximum atomic E-state index is 2.43. The van der Waals surface area contributed by atoms with E-state index in [9.17, 15) is 0 Å². The van der Waals surface area contributed by atoms with Crippen LogP contribution in [-0.4, -0.2) is 0 Å². The molecule has 0 aliphatic carbocycles. The minimum absolute atomic E-state index is 0.425. The van der Waals surface area contributed by atoms with E-state index in [0.717, 1.165) is 5.92 Å². The van der Waals surface area contributed by atoms with Crippen LogP contribution in [-0.2, 0) is 0 Å². The first-order chi connectivity index (χ1) is 6.44. The van der Waals surface area contributed by atoms with Crippen molar-refractivity contribution in [1.82, 2.24) is 0 Å². The Morgan fingerprint density at radius 2 is 1.20 bits per heavy atom. The molecule has 0 aromatic carbocycles. The molecule has 0 rings (SSSR count). The van der Waals surface area contributed by atoms with Crippen molar-refractivity contribution in [1.29, 1.82) is 0 Å². The second-order valence-electron chi connectivity index (χ2n) is 7.59. The summed E-state index contributed by atoms with van der Waals surface area (Å²) in [5.74, 6) is 0.776. The van der Waals surface area contributed by atoms with Crippen LogP contribution >= 0.6 is 0 Å². The molecule has 0 heterocycles. The van der Waals surface area contributed by atoms with Gasteiger partial charge in [0.05, 0.1) is 0 Å². The second-order valence-corrected chi connectivity index (χ2v) is 7.59. The molecule has 0 saturated heterocycles. The number of hydrogen-bond acceptors (Lipinski definition) is 0. The predicted octanol–water partition coefficient (Wildman–Crippen LogP) is 5.52. The third-order valence-corrected chi connectivity index (χ3v) is 5.01. The molecule has 0 N–H and O–H groups in total. The molecule has 0 heteroatoms. The fourth-order valence-electron chi connectivity index (χ4n) is 1.83. The average Bonchev–Trinajstić information content (AvgIpc) is 2.01. The van der Waals surface area contributed by atoms with Crippen molar-refractivity contribution in [3.8, 4) is 0 Å². The molecule has 0 aliphatic rings. The van der Waals surface area contributed by atoms with Crippen LogP contribution in [0.5, 0.6) is 0 Å². The fourth-order valence-corrected chi connectivity index (χ4v) is 1.83. The lowest BCUT2D eigenvalue weighted by Gasteiger charge is -2.45. The summed E-state index contributed by atoms with van der Waals surface area (Å²) in [5.41, 5.74) is 1.29. The Kier molecular flexibility index (Phi) is 4.47. The van der Waals surface area contributed by atoms with Gasteiger partial charge in [0.25, 0.3) is 0 Å². The first-order valence-corrected chi connectivity index (χ1v) is 6.44. The molecule has 0 aliphatic heterocycles. The summed E-state index contributed by atoms with van der Waals surface area (Å²) in [6.07, 6.45) is 2.58. The zero-order valence-electron chi connectivity index (χ0n) is 12.5. The van der Waals surface area contributed by atoms with Crippen molar-refractivity contribution in [3.63, 3.8) is 0 Å². The molecule has 0 fully saturated rings. The van der Waals surface area contributed by atoms with Crippen molar-refractivity contribution < 1.29 is 0 Å². The third kappa shape index (κ3) is 3.81. The molecular formula is C15H32. The van der Waals surface area contributed by atoms with E-state index < -0.39 is 0 Å². The molecule has 0 bridgehead atoms. The fraction of sp³-hybridized carbons (Fsp3) is 1.00. The van der Waals surface area contributed by atoms with Crippen LogP contribution < -0.4 is 0 Å². The zero-order valence-corrected chi connectivity index (χ0v) is 12.5. The van der Waals surface area contributed by atoms with Gasteiger partial charge in [0.2, 0.25) is 0 Å². The highest BCUT2D eigenvalue weighted by Crippen LogP contribution is 2.47. The molecular weight excluding hydrogens is 180 g/mol. The SMILES string of the molecule is CCC(C)(C)C(C)(C)CC(C)C(C)(C)C. The molecule has 1 unspecified atom stereocenters. The van der Waals surface area contributed by atoms with Gasteiger partial charge < -0.3 is 0 Å². The maximum Gasteiger partial charge on any atom is -0.0300 e. The van der Waals surface area contributed by atoms with Gasteiger partial charge in [0, 0.05) is 0 Å². The molecule has 15 heavy (non-hydrogen) atoms. The lowest BCUT2D eigenvalue weighted by Crippen LogP contribution is -2.35. The van der Waals surface area contributed by atoms with Crippen LogP contribution in [0, 0.1) is 22.2 Å². The van der Waals surface area contributed by atoms with E-state index in [1.54, 1.807) is 0 Å². The summed E-state index contributed by atoms with van der Waals surface area (Å²) in [6, 6.07) is 0. The zero-order chi connectivity index (χ0) is 12.5. The van der Waals surface area contributed by atoms with Crippen molar-refractivity contribution in [2.45, 2.75) is 75.2 Å². The Bertz CT molecular complexity index is 191. The van der Waals surface area contributed by atoms with Gasteiger partial charge in [-0.2, -0.15) is 0 Å². The Hall–Kier alpha value is 0. The minimum Gasteiger partial charge on any atom is -0.0649 e. The third-order valence-electron chi connectivity index (χ3n) is 5.01. The smallest absolute Gasteiger partial charge is 0.0300 e. The molecule has 0 radical (unpaired) electrons. The first kappa shape index (κ1) is 15.0. The summed E-state index contributed by atoms with van der Waals surface area (Å²) < 4.78 is 0. The highest BCUT2D eigenvalue weighted by molar-refractivity contribution is 4.88. The monoisotopic (exact) mass is 212 g/mol. The molecule has 0 aromatic rings. The summed E-state index contributed by atoms with van der Waals surface area (Å²) in [7, 11) is 0. The molecule has 0 nitrogen and oxygen atoms in total. The summed E-state index contributed by atoms with van der Waals surface area (Å²) in [5, 5.41) is 0. The van der Waals surface area contributed by atoms with Gasteiger partial charge in [-0.3, -0.25) is 0 Å². The maximum absolute atomic E-state index is 2.43. The van der Waals surface area contributed by atoms with Crippen LogP contribution in [0.15, 0.2) is 0 Å². The van der Waals surface area contributed by atoms with Gasteiger partial charge in [-0.15, -0.1) is 0 Å². The van der Waals surface area contributed by atoms with Gasteiger partial charge in [-0.1, -0.05) is 68.7 Å². The summed E-state index contributed by atoms with van der Waals surface area (Å²) in [6.45, 7) is 21.4. The second kappa shape index (κ2) is 4.47. The minimum atomic E-state index is 0.425. The van der Waals surface area contributed by atoms with Gasteiger partial charge in [0.15, 0.2) is 0 Å². The first-order valence-electron chi connectivity index (χ1n) is 6.44. The van der Waals surface area contributed by atoms with Crippen molar-refractivity contribution in [2.75, 3.05) is 0 Å². The average molecular weight is 212 g/mol. The van der Waals surface area contributed by atoms with Crippen LogP contribution in [0.4, 0.5) is 0 Å². The quantitative estimate of drug-likeness (QED) is 0.575. The van der Waals surface area contributed by atoms with Crippen LogP contribution in [0.1, 0.15) is 75.2 Å². The van der Waals surface area contributed by atoms with Crippen LogP contribution in [0.25, 0.3) is 0 Å². The normalized spacial score (nSPS) is 16.6. The van der Waals surface area contributed by atoms with E-state index in [4.69, 9.17) is 0 Å². The molecule has 0 amide bonds. The Balaban J connectivity index is 4.65. The van der Waals surface area contributed by atoms with Gasteiger partial charge in [-0.25, -0.2) is 0 Å². The highest BCUT2D eigenvalue weighted by atomic mass is 14.4. The lowest BCUT2D eigenvalue weighted by molar-refractivity contribution is 0.0508. The van der Waals surface area contributed by atoms with Crippen molar-refractivity contribution in [3.05, 3.63) is 0 Å². The molecule has 92 valence electrons. The van der Waals surface area contributed by atoms with Gasteiger partial charge >= 0.3 is 0 Å². The molecule has 1 atom stereocenters. The predicted molar refractivity (Wildman–Crippen MR) is 71.1 cm³/mol. The van der Waals surface area contributed by atoms with E-state index in [0.29, 0.717) is 16.2 Å². The van der Waals surface area contributed by atoms with E-state index in [2.05, 4.69) is 62.3 Å². The van der Waals surface area contributed by atoms with E-state index in [-0.39, 0.29) is 0 Å². The van der Waals surface area contributed by atoms with Gasteiger partial charge in [-0.05, 0) is 28.6 Å². The largest absolute Gasteiger partial charge is 0.0649 e. The molecule has 0 aromatic heterocycles. The number of hydrogen-bond donors (Lipinski definition) is 0. The standard InChI is InChI=1S/C15H32/c1-10-14(6,7)15(8,9)11-12(2)13(3,4)5/h12H,10-11H2,1-9H3. The van der Waals surface area contributed by atoms with E-state index >= 15 is 0 Å². The van der Waals surface area contributed by atoms with Crippen molar-refractivity contribution >= 4 is 0 Å². The Labute approximate surface area is 97.8 Å². The van der Waals surface area contributed by atoms with Crippen molar-refractivity contribution in [2.24, 2.45) is 22.2 Å². The highest BCUT2D eigenvalue weighted by Gasteiger charge is 2.38. The molecule has 0 saturated carbocycles. The topological polar surface area (TPSA) is 0 Å². The van der Waals surface area contributed by atoms with Crippen LogP contribution in [0.3, 0.4) is 0 Å². The van der Waals surface area contributed by atoms with E-state index in [1.165, 1.54) is 12.8 Å². The van der Waals surface area contributed by atoms with E-state index in [1.807, 2.05) is 0 Å². The Morgan fingerprint density at radius 1 is 0.800 bits per heavy atom. The van der Waals surface area contributed by atoms with Crippen LogP contribution in [0.2, 0.25) is 0 Å². The number of rotatable bonds is 4. The Morgan fingerprint density at radius 3 is 1.47 bits per heavy atom.